The molecular weight excluding hydrogens is 296 g/mol. The fourth-order valence-electron chi connectivity index (χ4n) is 2.79. The molecule has 2 unspecified atom stereocenters. The van der Waals surface area contributed by atoms with Crippen LogP contribution in [0.25, 0.3) is 0 Å². The number of hydrogen-bond acceptors (Lipinski definition) is 3. The van der Waals surface area contributed by atoms with Crippen LogP contribution in [0.4, 0.5) is 5.69 Å². The summed E-state index contributed by atoms with van der Waals surface area (Å²) < 4.78 is 27.4. The summed E-state index contributed by atoms with van der Waals surface area (Å²) in [5.41, 5.74) is 5.92. The predicted molar refractivity (Wildman–Crippen MR) is 82.2 cm³/mol. The summed E-state index contributed by atoms with van der Waals surface area (Å²) in [6.07, 6.45) is 4.65. The van der Waals surface area contributed by atoms with Gasteiger partial charge in [0.1, 0.15) is 4.90 Å². The van der Waals surface area contributed by atoms with E-state index in [1.165, 1.54) is 25.3 Å². The lowest BCUT2D eigenvalue weighted by Gasteiger charge is -2.28. The molecule has 1 saturated carbocycles. The van der Waals surface area contributed by atoms with Crippen molar-refractivity contribution >= 4 is 27.3 Å². The molecule has 0 saturated heterocycles. The molecule has 0 radical (unpaired) electrons. The van der Waals surface area contributed by atoms with E-state index in [1.54, 1.807) is 12.1 Å². The molecule has 0 bridgehead atoms. The second-order valence-corrected chi connectivity index (χ2v) is 7.64. The number of sulfonamides is 1. The minimum Gasteiger partial charge on any atom is -0.398 e. The third-order valence-electron chi connectivity index (χ3n) is 4.09. The molecule has 112 valence electrons. The maximum Gasteiger partial charge on any atom is 0.244 e. The molecule has 1 aliphatic rings. The van der Waals surface area contributed by atoms with Crippen LogP contribution in [0.5, 0.6) is 0 Å². The van der Waals surface area contributed by atoms with Crippen molar-refractivity contribution < 1.29 is 8.42 Å². The van der Waals surface area contributed by atoms with E-state index in [0.29, 0.717) is 18.4 Å². The Bertz CT molecular complexity index is 554. The van der Waals surface area contributed by atoms with Crippen molar-refractivity contribution in [3.8, 4) is 0 Å². The second-order valence-electron chi connectivity index (χ2n) is 5.53. The Balaban J connectivity index is 2.11. The molecule has 1 aliphatic carbocycles. The zero-order valence-electron chi connectivity index (χ0n) is 11.6. The largest absolute Gasteiger partial charge is 0.398 e. The number of nitrogens with two attached hydrogens (primary N) is 1. The van der Waals surface area contributed by atoms with E-state index in [9.17, 15) is 8.42 Å². The smallest absolute Gasteiger partial charge is 0.244 e. The lowest BCUT2D eigenvalue weighted by Crippen LogP contribution is -2.33. The lowest BCUT2D eigenvalue weighted by molar-refractivity contribution is 0.257. The number of benzene rings is 1. The zero-order valence-corrected chi connectivity index (χ0v) is 13.2. The standard InChI is InChI=1S/C14H21ClN2O2S/c1-10-5-2-3-6-11(10)9-17-20(18,19)14-12(15)7-4-8-13(14)16/h4,7-8,10-11,17H,2-3,5-6,9,16H2,1H3. The number of hydrogen-bond donors (Lipinski definition) is 2. The predicted octanol–water partition coefficient (Wildman–Crippen LogP) is 3.03. The number of nitrogen functional groups attached to an aromatic ring is 1. The van der Waals surface area contributed by atoms with Gasteiger partial charge in [-0.2, -0.15) is 0 Å². The molecule has 6 heteroatoms. The second kappa shape index (κ2) is 6.33. The van der Waals surface area contributed by atoms with Crippen molar-refractivity contribution in [2.45, 2.75) is 37.5 Å². The van der Waals surface area contributed by atoms with Crippen LogP contribution >= 0.6 is 11.6 Å². The molecular formula is C14H21ClN2O2S. The minimum absolute atomic E-state index is 0.00914. The number of rotatable bonds is 4. The Kier molecular flexibility index (Phi) is 4.94. The van der Waals surface area contributed by atoms with Gasteiger partial charge < -0.3 is 5.73 Å². The number of nitrogens with one attached hydrogen (secondary N) is 1. The highest BCUT2D eigenvalue weighted by Crippen LogP contribution is 2.30. The lowest BCUT2D eigenvalue weighted by atomic mass is 9.81. The van der Waals surface area contributed by atoms with Crippen molar-refractivity contribution in [3.63, 3.8) is 0 Å². The highest BCUT2D eigenvalue weighted by Gasteiger charge is 2.25. The van der Waals surface area contributed by atoms with Crippen molar-refractivity contribution in [3.05, 3.63) is 23.2 Å². The van der Waals surface area contributed by atoms with Crippen LogP contribution in [0.2, 0.25) is 5.02 Å². The normalized spacial score (nSPS) is 23.7. The van der Waals surface area contributed by atoms with E-state index in [4.69, 9.17) is 17.3 Å². The van der Waals surface area contributed by atoms with E-state index in [-0.39, 0.29) is 15.6 Å². The third-order valence-corrected chi connectivity index (χ3v) is 6.06. The summed E-state index contributed by atoms with van der Waals surface area (Å²) in [7, 11) is -3.65. The molecule has 4 nitrogen and oxygen atoms in total. The molecule has 2 rings (SSSR count). The summed E-state index contributed by atoms with van der Waals surface area (Å²) in [6, 6.07) is 4.72. The molecule has 1 aromatic rings. The van der Waals surface area contributed by atoms with Gasteiger partial charge in [0.15, 0.2) is 0 Å². The summed E-state index contributed by atoms with van der Waals surface area (Å²) in [4.78, 5) is -0.00914. The average Bonchev–Trinajstić information content (AvgIpc) is 2.37. The molecule has 3 N–H and O–H groups in total. The molecule has 2 atom stereocenters. The zero-order chi connectivity index (χ0) is 14.8. The Labute approximate surface area is 125 Å². The summed E-state index contributed by atoms with van der Waals surface area (Å²) >= 11 is 5.97. The van der Waals surface area contributed by atoms with Crippen molar-refractivity contribution in [2.24, 2.45) is 11.8 Å². The van der Waals surface area contributed by atoms with Crippen LogP contribution in [0.3, 0.4) is 0 Å². The Morgan fingerprint density at radius 1 is 1.35 bits per heavy atom. The van der Waals surface area contributed by atoms with Gasteiger partial charge in [-0.15, -0.1) is 0 Å². The fraction of sp³-hybridized carbons (Fsp3) is 0.571. The van der Waals surface area contributed by atoms with E-state index in [1.807, 2.05) is 0 Å². The topological polar surface area (TPSA) is 72.2 Å². The van der Waals surface area contributed by atoms with Gasteiger partial charge in [0.05, 0.1) is 10.7 Å². The molecule has 0 aliphatic heterocycles. The van der Waals surface area contributed by atoms with Crippen molar-refractivity contribution in [2.75, 3.05) is 12.3 Å². The van der Waals surface area contributed by atoms with Gasteiger partial charge in [-0.05, 0) is 30.4 Å². The molecule has 20 heavy (non-hydrogen) atoms. The Hall–Kier alpha value is -0.780. The first-order valence-corrected chi connectivity index (χ1v) is 8.81. The summed E-state index contributed by atoms with van der Waals surface area (Å²) in [6.45, 7) is 2.64. The van der Waals surface area contributed by atoms with Gasteiger partial charge in [-0.25, -0.2) is 13.1 Å². The summed E-state index contributed by atoms with van der Waals surface area (Å²) in [5.74, 6) is 0.942. The third kappa shape index (κ3) is 3.45. The number of halogens is 1. The van der Waals surface area contributed by atoms with Gasteiger partial charge in [0.25, 0.3) is 0 Å². The molecule has 1 fully saturated rings. The first-order chi connectivity index (χ1) is 9.42. The minimum atomic E-state index is -3.65. The van der Waals surface area contributed by atoms with E-state index < -0.39 is 10.0 Å². The first kappa shape index (κ1) is 15.6. The fourth-order valence-corrected chi connectivity index (χ4v) is 4.56. The van der Waals surface area contributed by atoms with Gasteiger partial charge in [0, 0.05) is 6.54 Å². The Morgan fingerprint density at radius 3 is 2.70 bits per heavy atom. The van der Waals surface area contributed by atoms with Crippen LogP contribution < -0.4 is 10.5 Å². The monoisotopic (exact) mass is 316 g/mol. The van der Waals surface area contributed by atoms with E-state index in [2.05, 4.69) is 11.6 Å². The molecule has 0 heterocycles. The van der Waals surface area contributed by atoms with Crippen LogP contribution in [0.15, 0.2) is 23.1 Å². The van der Waals surface area contributed by atoms with Crippen LogP contribution in [0, 0.1) is 11.8 Å². The van der Waals surface area contributed by atoms with Crippen LogP contribution in [-0.2, 0) is 10.0 Å². The maximum atomic E-state index is 12.3. The quantitative estimate of drug-likeness (QED) is 0.839. The van der Waals surface area contributed by atoms with Gasteiger partial charge >= 0.3 is 0 Å². The first-order valence-electron chi connectivity index (χ1n) is 6.95. The average molecular weight is 317 g/mol. The SMILES string of the molecule is CC1CCCCC1CNS(=O)(=O)c1c(N)cccc1Cl. The highest BCUT2D eigenvalue weighted by atomic mass is 35.5. The van der Waals surface area contributed by atoms with Crippen LogP contribution in [0.1, 0.15) is 32.6 Å². The van der Waals surface area contributed by atoms with Gasteiger partial charge in [-0.3, -0.25) is 0 Å². The molecule has 0 aromatic heterocycles. The maximum absolute atomic E-state index is 12.3. The van der Waals surface area contributed by atoms with Crippen molar-refractivity contribution in [1.82, 2.24) is 4.72 Å². The van der Waals surface area contributed by atoms with E-state index in [0.717, 1.165) is 6.42 Å². The molecule has 0 spiro atoms. The van der Waals surface area contributed by atoms with Crippen LogP contribution in [-0.4, -0.2) is 15.0 Å². The Morgan fingerprint density at radius 2 is 2.05 bits per heavy atom. The van der Waals surface area contributed by atoms with Gasteiger partial charge in [-0.1, -0.05) is 43.9 Å². The highest BCUT2D eigenvalue weighted by molar-refractivity contribution is 7.89. The molecule has 0 amide bonds. The van der Waals surface area contributed by atoms with Crippen molar-refractivity contribution in [1.29, 1.82) is 0 Å². The summed E-state index contributed by atoms with van der Waals surface area (Å²) in [5, 5.41) is 0.161. The molecule has 1 aromatic carbocycles. The number of anilines is 1. The van der Waals surface area contributed by atoms with Gasteiger partial charge in [0.2, 0.25) is 10.0 Å². The van der Waals surface area contributed by atoms with E-state index >= 15 is 0 Å².